The first-order chi connectivity index (χ1) is 14.9. The quantitative estimate of drug-likeness (QED) is 0.282. The number of imidazole rings is 1. The zero-order valence-electron chi connectivity index (χ0n) is 16.3. The van der Waals surface area contributed by atoms with Gasteiger partial charge in [-0.1, -0.05) is 24.3 Å². The number of rotatable bonds is 5. The van der Waals surface area contributed by atoms with E-state index in [1.54, 1.807) is 36.4 Å². The Kier molecular flexibility index (Phi) is 4.97. The number of fused-ring (bicyclic) bond motifs is 2. The highest BCUT2D eigenvalue weighted by atomic mass is 16.5. The molecule has 2 amide bonds. The van der Waals surface area contributed by atoms with Crippen LogP contribution >= 0.6 is 0 Å². The molecule has 9 nitrogen and oxygen atoms in total. The molecule has 4 rings (SSSR count). The van der Waals surface area contributed by atoms with Gasteiger partial charge < -0.3 is 14.8 Å². The van der Waals surface area contributed by atoms with Crippen LogP contribution in [0, 0.1) is 11.3 Å². The highest BCUT2D eigenvalue weighted by molar-refractivity contribution is 6.22. The summed E-state index contributed by atoms with van der Waals surface area (Å²) in [7, 11) is 0. The molecule has 0 aliphatic carbocycles. The van der Waals surface area contributed by atoms with Gasteiger partial charge in [0.1, 0.15) is 24.3 Å². The largest absolute Gasteiger partial charge is 0.507 e. The summed E-state index contributed by atoms with van der Waals surface area (Å²) in [5.41, 5.74) is 1.53. The third kappa shape index (κ3) is 3.40. The van der Waals surface area contributed by atoms with Crippen molar-refractivity contribution >= 4 is 34.4 Å². The number of benzene rings is 2. The van der Waals surface area contributed by atoms with E-state index in [4.69, 9.17) is 4.74 Å². The van der Waals surface area contributed by atoms with Gasteiger partial charge in [0.05, 0.1) is 22.2 Å². The lowest BCUT2D eigenvalue weighted by molar-refractivity contribution is -0.147. The summed E-state index contributed by atoms with van der Waals surface area (Å²) in [5, 5.41) is 19.7. The Morgan fingerprint density at radius 3 is 2.39 bits per heavy atom. The number of esters is 1. The molecule has 2 aromatic carbocycles. The third-order valence-corrected chi connectivity index (χ3v) is 4.93. The predicted octanol–water partition coefficient (Wildman–Crippen LogP) is 2.58. The number of hydrogen-bond donors (Lipinski definition) is 2. The minimum Gasteiger partial charge on any atom is -0.507 e. The molecule has 0 saturated heterocycles. The summed E-state index contributed by atoms with van der Waals surface area (Å²) in [4.78, 5) is 45.4. The number of allylic oxidation sites excluding steroid dienone is 1. The van der Waals surface area contributed by atoms with Crippen molar-refractivity contribution in [3.05, 3.63) is 71.2 Å². The molecule has 1 atom stereocenters. The second-order valence-corrected chi connectivity index (χ2v) is 6.85. The number of ether oxygens (including phenoxy) is 1. The number of aliphatic hydroxyl groups is 1. The van der Waals surface area contributed by atoms with Crippen molar-refractivity contribution < 1.29 is 24.2 Å². The fourth-order valence-corrected chi connectivity index (χ4v) is 3.32. The molecule has 1 aromatic heterocycles. The van der Waals surface area contributed by atoms with Crippen LogP contribution in [0.2, 0.25) is 0 Å². The van der Waals surface area contributed by atoms with E-state index in [-0.39, 0.29) is 22.5 Å². The van der Waals surface area contributed by atoms with E-state index in [0.29, 0.717) is 11.0 Å². The molecule has 0 fully saturated rings. The molecule has 9 heteroatoms. The SMILES string of the molecule is C[C@@H](C(=O)OCC(O)=C(C#N)c1nc2ccccc2[nH]1)N1C(=O)c2ccccc2C1=O. The van der Waals surface area contributed by atoms with Gasteiger partial charge in [-0.05, 0) is 31.2 Å². The maximum absolute atomic E-state index is 12.5. The van der Waals surface area contributed by atoms with E-state index < -0.39 is 36.2 Å². The number of aromatic nitrogens is 2. The van der Waals surface area contributed by atoms with E-state index in [9.17, 15) is 24.8 Å². The first-order valence-electron chi connectivity index (χ1n) is 9.33. The normalized spacial score (nSPS) is 14.8. The van der Waals surface area contributed by atoms with E-state index in [1.807, 2.05) is 6.07 Å². The summed E-state index contributed by atoms with van der Waals surface area (Å²) in [5.74, 6) is -2.47. The van der Waals surface area contributed by atoms with Crippen LogP contribution in [0.1, 0.15) is 33.5 Å². The first kappa shape index (κ1) is 19.8. The van der Waals surface area contributed by atoms with Crippen LogP contribution < -0.4 is 0 Å². The van der Waals surface area contributed by atoms with Crippen LogP contribution in [0.4, 0.5) is 0 Å². The van der Waals surface area contributed by atoms with Gasteiger partial charge >= 0.3 is 5.97 Å². The maximum Gasteiger partial charge on any atom is 0.329 e. The highest BCUT2D eigenvalue weighted by Gasteiger charge is 2.41. The summed E-state index contributed by atoms with van der Waals surface area (Å²) < 4.78 is 5.07. The van der Waals surface area contributed by atoms with E-state index in [1.165, 1.54) is 19.1 Å². The van der Waals surface area contributed by atoms with Gasteiger partial charge in [0.15, 0.2) is 11.6 Å². The van der Waals surface area contributed by atoms with Crippen molar-refractivity contribution in [2.75, 3.05) is 6.61 Å². The molecule has 1 aliphatic heterocycles. The fraction of sp³-hybridized carbons (Fsp3) is 0.136. The van der Waals surface area contributed by atoms with Gasteiger partial charge in [0.2, 0.25) is 0 Å². The Balaban J connectivity index is 1.49. The monoisotopic (exact) mass is 416 g/mol. The fourth-order valence-electron chi connectivity index (χ4n) is 3.32. The van der Waals surface area contributed by atoms with Crippen molar-refractivity contribution in [1.29, 1.82) is 5.26 Å². The molecule has 0 unspecified atom stereocenters. The van der Waals surface area contributed by atoms with Crippen molar-refractivity contribution in [2.24, 2.45) is 0 Å². The van der Waals surface area contributed by atoms with Gasteiger partial charge in [-0.15, -0.1) is 0 Å². The number of amides is 2. The van der Waals surface area contributed by atoms with Crippen molar-refractivity contribution in [1.82, 2.24) is 14.9 Å². The first-order valence-corrected chi connectivity index (χ1v) is 9.33. The number of carbonyl (C=O) groups is 3. The zero-order chi connectivity index (χ0) is 22.1. The minimum absolute atomic E-state index is 0.130. The summed E-state index contributed by atoms with van der Waals surface area (Å²) in [6.07, 6.45) is 0. The zero-order valence-corrected chi connectivity index (χ0v) is 16.3. The second-order valence-electron chi connectivity index (χ2n) is 6.85. The second kappa shape index (κ2) is 7.76. The minimum atomic E-state index is -1.21. The number of aromatic amines is 1. The maximum atomic E-state index is 12.5. The van der Waals surface area contributed by atoms with Gasteiger partial charge in [-0.25, -0.2) is 9.78 Å². The van der Waals surface area contributed by atoms with Gasteiger partial charge in [-0.2, -0.15) is 5.26 Å². The van der Waals surface area contributed by atoms with Crippen LogP contribution in [0.25, 0.3) is 16.6 Å². The molecule has 2 heterocycles. The van der Waals surface area contributed by atoms with Crippen molar-refractivity contribution in [2.45, 2.75) is 13.0 Å². The number of H-pyrrole nitrogens is 1. The van der Waals surface area contributed by atoms with E-state index in [0.717, 1.165) is 4.90 Å². The van der Waals surface area contributed by atoms with Gasteiger partial charge in [0, 0.05) is 0 Å². The van der Waals surface area contributed by atoms with Crippen LogP contribution in [0.15, 0.2) is 54.3 Å². The standard InChI is InChI=1S/C22H16N4O5/c1-12(26-20(28)13-6-2-3-7-14(13)21(26)29)22(30)31-11-18(27)15(10-23)19-24-16-8-4-5-9-17(16)25-19/h2-9,12,27H,11H2,1H3,(H,24,25)/t12-/m0/s1. The smallest absolute Gasteiger partial charge is 0.329 e. The summed E-state index contributed by atoms with van der Waals surface area (Å²) in [6, 6.07) is 14.0. The number of nitriles is 1. The lowest BCUT2D eigenvalue weighted by Gasteiger charge is -2.20. The molecule has 31 heavy (non-hydrogen) atoms. The number of carbonyl (C=O) groups excluding carboxylic acids is 3. The van der Waals surface area contributed by atoms with E-state index in [2.05, 4.69) is 9.97 Å². The van der Waals surface area contributed by atoms with Crippen molar-refractivity contribution in [3.8, 4) is 6.07 Å². The average Bonchev–Trinajstić information content (AvgIpc) is 3.31. The predicted molar refractivity (Wildman–Crippen MR) is 109 cm³/mol. The molecule has 1 aliphatic rings. The molecular formula is C22H16N4O5. The number of hydrogen-bond acceptors (Lipinski definition) is 7. The lowest BCUT2D eigenvalue weighted by atomic mass is 10.1. The molecule has 0 saturated carbocycles. The number of imide groups is 1. The van der Waals surface area contributed by atoms with Crippen LogP contribution in [-0.2, 0) is 9.53 Å². The molecular weight excluding hydrogens is 400 g/mol. The Labute approximate surface area is 176 Å². The Hall–Kier alpha value is -4.45. The third-order valence-electron chi connectivity index (χ3n) is 4.93. The number of nitrogens with one attached hydrogen (secondary N) is 1. The van der Waals surface area contributed by atoms with Gasteiger partial charge in [-0.3, -0.25) is 14.5 Å². The Bertz CT molecular complexity index is 1230. The Morgan fingerprint density at radius 1 is 1.16 bits per heavy atom. The van der Waals surface area contributed by atoms with Crippen LogP contribution in [-0.4, -0.2) is 50.4 Å². The number of para-hydroxylation sites is 2. The molecule has 3 aromatic rings. The number of aliphatic hydroxyl groups excluding tert-OH is 1. The van der Waals surface area contributed by atoms with Crippen LogP contribution in [0.5, 0.6) is 0 Å². The topological polar surface area (TPSA) is 136 Å². The highest BCUT2D eigenvalue weighted by Crippen LogP contribution is 2.25. The summed E-state index contributed by atoms with van der Waals surface area (Å²) in [6.45, 7) is 0.738. The van der Waals surface area contributed by atoms with Crippen molar-refractivity contribution in [3.63, 3.8) is 0 Å². The molecule has 154 valence electrons. The number of nitrogens with zero attached hydrogens (tertiary/aromatic N) is 3. The molecule has 0 radical (unpaired) electrons. The summed E-state index contributed by atoms with van der Waals surface area (Å²) >= 11 is 0. The Morgan fingerprint density at radius 2 is 1.77 bits per heavy atom. The lowest BCUT2D eigenvalue weighted by Crippen LogP contribution is -2.43. The average molecular weight is 416 g/mol. The van der Waals surface area contributed by atoms with Gasteiger partial charge in [0.25, 0.3) is 11.8 Å². The van der Waals surface area contributed by atoms with Crippen LogP contribution in [0.3, 0.4) is 0 Å². The molecule has 0 bridgehead atoms. The molecule has 0 spiro atoms. The van der Waals surface area contributed by atoms with E-state index >= 15 is 0 Å². The molecule has 2 N–H and O–H groups in total.